The molecule has 0 fully saturated rings. The summed E-state index contributed by atoms with van der Waals surface area (Å²) in [4.78, 5) is 17.2. The van der Waals surface area contributed by atoms with E-state index in [-0.39, 0.29) is 12.3 Å². The summed E-state index contributed by atoms with van der Waals surface area (Å²) in [6, 6.07) is 5.63. The molecular formula is C14H17N3OS. The van der Waals surface area contributed by atoms with Crippen LogP contribution in [0, 0.1) is 0 Å². The Bertz CT molecular complexity index is 548. The first-order valence-corrected chi connectivity index (χ1v) is 7.09. The summed E-state index contributed by atoms with van der Waals surface area (Å²) in [7, 11) is 0. The molecule has 0 aliphatic rings. The molecule has 0 aliphatic carbocycles. The fraction of sp³-hybridized carbons (Fsp3) is 0.286. The molecule has 0 aliphatic heterocycles. The first-order chi connectivity index (χ1) is 9.19. The smallest absolute Gasteiger partial charge is 0.226 e. The number of anilines is 1. The van der Waals surface area contributed by atoms with Gasteiger partial charge in [0.25, 0.3) is 0 Å². The van der Waals surface area contributed by atoms with Crippen LogP contribution in [0.2, 0.25) is 0 Å². The maximum absolute atomic E-state index is 11.8. The molecule has 2 aromatic rings. The first kappa shape index (κ1) is 13.5. The molecule has 2 heterocycles. The lowest BCUT2D eigenvalue weighted by molar-refractivity contribution is -0.120. The number of rotatable bonds is 5. The molecule has 0 saturated heterocycles. The molecule has 2 aromatic heterocycles. The predicted octanol–water partition coefficient (Wildman–Crippen LogP) is 2.15. The number of nitrogens with zero attached hydrogens (tertiary/aromatic N) is 1. The number of nitrogen functional groups attached to an aromatic ring is 1. The number of hydrogen-bond acceptors (Lipinski definition) is 4. The van der Waals surface area contributed by atoms with E-state index < -0.39 is 0 Å². The molecular weight excluding hydrogens is 258 g/mol. The van der Waals surface area contributed by atoms with Crippen molar-refractivity contribution in [1.29, 1.82) is 0 Å². The van der Waals surface area contributed by atoms with Crippen molar-refractivity contribution in [3.8, 4) is 0 Å². The Hall–Kier alpha value is -1.88. The second kappa shape index (κ2) is 6.33. The highest BCUT2D eigenvalue weighted by atomic mass is 32.1. The molecule has 5 heteroatoms. The number of carbonyl (C=O) groups excluding carboxylic acids is 1. The Kier molecular flexibility index (Phi) is 4.52. The first-order valence-electron chi connectivity index (χ1n) is 6.21. The van der Waals surface area contributed by atoms with E-state index in [1.807, 2.05) is 0 Å². The van der Waals surface area contributed by atoms with Gasteiger partial charge in [0.2, 0.25) is 5.91 Å². The van der Waals surface area contributed by atoms with E-state index in [1.165, 1.54) is 10.4 Å². The van der Waals surface area contributed by atoms with E-state index in [1.54, 1.807) is 29.7 Å². The van der Waals surface area contributed by atoms with Crippen molar-refractivity contribution in [2.75, 3.05) is 5.73 Å². The van der Waals surface area contributed by atoms with E-state index in [0.717, 1.165) is 12.1 Å². The minimum absolute atomic E-state index is 0.0206. The van der Waals surface area contributed by atoms with E-state index in [9.17, 15) is 4.79 Å². The Morgan fingerprint density at radius 3 is 2.95 bits per heavy atom. The van der Waals surface area contributed by atoms with Gasteiger partial charge in [0.1, 0.15) is 0 Å². The number of nitrogens with one attached hydrogen (secondary N) is 1. The van der Waals surface area contributed by atoms with E-state index in [2.05, 4.69) is 28.7 Å². The maximum Gasteiger partial charge on any atom is 0.226 e. The third-order valence-corrected chi connectivity index (χ3v) is 3.82. The summed E-state index contributed by atoms with van der Waals surface area (Å²) in [6.07, 6.45) is 2.85. The molecule has 3 N–H and O–H groups in total. The average molecular weight is 275 g/mol. The zero-order chi connectivity index (χ0) is 13.7. The van der Waals surface area contributed by atoms with Crippen LogP contribution in [0.3, 0.4) is 0 Å². The van der Waals surface area contributed by atoms with Crippen LogP contribution >= 0.6 is 11.3 Å². The standard InChI is InChI=1S/C14H17N3OS/c1-2-10-5-6-19-13(10)9-17-14(18)7-12-4-3-11(15)8-16-12/h3-6,8H,2,7,9,15H2,1H3,(H,17,18). The third kappa shape index (κ3) is 3.79. The fourth-order valence-corrected chi connectivity index (χ4v) is 2.70. The summed E-state index contributed by atoms with van der Waals surface area (Å²) in [5.41, 5.74) is 8.19. The van der Waals surface area contributed by atoms with Crippen LogP contribution in [0.1, 0.15) is 23.1 Å². The number of hydrogen-bond donors (Lipinski definition) is 2. The van der Waals surface area contributed by atoms with Crippen LogP contribution in [-0.2, 0) is 24.2 Å². The molecule has 0 bridgehead atoms. The van der Waals surface area contributed by atoms with E-state index >= 15 is 0 Å². The lowest BCUT2D eigenvalue weighted by atomic mass is 10.2. The molecule has 0 unspecified atom stereocenters. The van der Waals surface area contributed by atoms with Crippen LogP contribution in [0.5, 0.6) is 0 Å². The van der Waals surface area contributed by atoms with Gasteiger partial charge in [-0.1, -0.05) is 6.92 Å². The Balaban J connectivity index is 1.86. The highest BCUT2D eigenvalue weighted by Gasteiger charge is 2.07. The van der Waals surface area contributed by atoms with Crippen LogP contribution < -0.4 is 11.1 Å². The SMILES string of the molecule is CCc1ccsc1CNC(=O)Cc1ccc(N)cn1. The van der Waals surface area contributed by atoms with Gasteiger partial charge >= 0.3 is 0 Å². The van der Waals surface area contributed by atoms with Crippen LogP contribution in [0.4, 0.5) is 5.69 Å². The Labute approximate surface area is 116 Å². The van der Waals surface area contributed by atoms with Gasteiger partial charge in [-0.2, -0.15) is 0 Å². The number of amides is 1. The molecule has 0 saturated carbocycles. The van der Waals surface area contributed by atoms with Crippen molar-refractivity contribution in [1.82, 2.24) is 10.3 Å². The third-order valence-electron chi connectivity index (χ3n) is 2.85. The number of nitrogens with two attached hydrogens (primary N) is 1. The zero-order valence-corrected chi connectivity index (χ0v) is 11.7. The fourth-order valence-electron chi connectivity index (χ4n) is 1.78. The topological polar surface area (TPSA) is 68.0 Å². The van der Waals surface area contributed by atoms with Crippen molar-refractivity contribution >= 4 is 22.9 Å². The summed E-state index contributed by atoms with van der Waals surface area (Å²) >= 11 is 1.68. The minimum Gasteiger partial charge on any atom is -0.397 e. The van der Waals surface area contributed by atoms with Crippen molar-refractivity contribution in [3.63, 3.8) is 0 Å². The number of pyridine rings is 1. The van der Waals surface area contributed by atoms with Gasteiger partial charge in [0, 0.05) is 10.6 Å². The largest absolute Gasteiger partial charge is 0.397 e. The monoisotopic (exact) mass is 275 g/mol. The zero-order valence-electron chi connectivity index (χ0n) is 10.8. The van der Waals surface area contributed by atoms with Crippen molar-refractivity contribution in [2.45, 2.75) is 26.3 Å². The summed E-state index contributed by atoms with van der Waals surface area (Å²) < 4.78 is 0. The average Bonchev–Trinajstić information content (AvgIpc) is 2.86. The van der Waals surface area contributed by atoms with Gasteiger partial charge in [-0.15, -0.1) is 11.3 Å². The summed E-state index contributed by atoms with van der Waals surface area (Å²) in [5.74, 6) is -0.0206. The Morgan fingerprint density at radius 1 is 1.42 bits per heavy atom. The minimum atomic E-state index is -0.0206. The van der Waals surface area contributed by atoms with Gasteiger partial charge in [-0.05, 0) is 35.6 Å². The van der Waals surface area contributed by atoms with Crippen molar-refractivity contribution in [3.05, 3.63) is 45.9 Å². The van der Waals surface area contributed by atoms with E-state index in [0.29, 0.717) is 12.2 Å². The second-order valence-corrected chi connectivity index (χ2v) is 5.26. The highest BCUT2D eigenvalue weighted by Crippen LogP contribution is 2.16. The summed E-state index contributed by atoms with van der Waals surface area (Å²) in [5, 5.41) is 4.98. The number of aromatic nitrogens is 1. The van der Waals surface area contributed by atoms with Crippen LogP contribution in [0.25, 0.3) is 0 Å². The predicted molar refractivity (Wildman–Crippen MR) is 77.9 cm³/mol. The molecule has 0 atom stereocenters. The lowest BCUT2D eigenvalue weighted by Crippen LogP contribution is -2.24. The number of thiophene rings is 1. The quantitative estimate of drug-likeness (QED) is 0.878. The normalized spacial score (nSPS) is 10.4. The van der Waals surface area contributed by atoms with Crippen molar-refractivity contribution in [2.24, 2.45) is 0 Å². The Morgan fingerprint density at radius 2 is 2.26 bits per heavy atom. The molecule has 4 nitrogen and oxygen atoms in total. The van der Waals surface area contributed by atoms with Gasteiger partial charge < -0.3 is 11.1 Å². The molecule has 2 rings (SSSR count). The van der Waals surface area contributed by atoms with Gasteiger partial charge in [0.05, 0.1) is 24.8 Å². The summed E-state index contributed by atoms with van der Waals surface area (Å²) in [6.45, 7) is 2.71. The number of carbonyl (C=O) groups is 1. The van der Waals surface area contributed by atoms with Crippen LogP contribution in [-0.4, -0.2) is 10.9 Å². The molecule has 1 amide bonds. The molecule has 0 radical (unpaired) electrons. The molecule has 0 spiro atoms. The van der Waals surface area contributed by atoms with E-state index in [4.69, 9.17) is 5.73 Å². The molecule has 100 valence electrons. The van der Waals surface area contributed by atoms with Gasteiger partial charge in [-0.3, -0.25) is 9.78 Å². The highest BCUT2D eigenvalue weighted by molar-refractivity contribution is 7.10. The second-order valence-electron chi connectivity index (χ2n) is 4.26. The number of aryl methyl sites for hydroxylation is 1. The van der Waals surface area contributed by atoms with Gasteiger partial charge in [-0.25, -0.2) is 0 Å². The molecule has 0 aromatic carbocycles. The van der Waals surface area contributed by atoms with Crippen LogP contribution in [0.15, 0.2) is 29.8 Å². The van der Waals surface area contributed by atoms with Gasteiger partial charge in [0.15, 0.2) is 0 Å². The lowest BCUT2D eigenvalue weighted by Gasteiger charge is -2.05. The molecule has 19 heavy (non-hydrogen) atoms. The maximum atomic E-state index is 11.8. The van der Waals surface area contributed by atoms with Crippen molar-refractivity contribution < 1.29 is 4.79 Å².